The Labute approximate surface area is 155 Å². The zero-order chi connectivity index (χ0) is 20.4. The molecule has 0 fully saturated rings. The first kappa shape index (κ1) is 21.0. The first-order valence-corrected chi connectivity index (χ1v) is 9.96. The molecule has 0 saturated carbocycles. The first-order chi connectivity index (χ1) is 12.4. The minimum atomic E-state index is -4.70. The van der Waals surface area contributed by atoms with Gasteiger partial charge < -0.3 is 4.74 Å². The number of benzene rings is 1. The highest BCUT2D eigenvalue weighted by Gasteiger charge is 2.36. The normalized spacial score (nSPS) is 13.3. The molecule has 0 saturated heterocycles. The number of aromatic nitrogens is 2. The fourth-order valence-electron chi connectivity index (χ4n) is 1.93. The summed E-state index contributed by atoms with van der Waals surface area (Å²) in [7, 11) is -3.72. The summed E-state index contributed by atoms with van der Waals surface area (Å²) in [4.78, 5) is 13.3. The minimum Gasteiger partial charge on any atom is -0.459 e. The van der Waals surface area contributed by atoms with Gasteiger partial charge in [-0.05, 0) is 31.2 Å². The topological polar surface area (TPSA) is 89.5 Å². The van der Waals surface area contributed by atoms with Crippen LogP contribution in [0.4, 0.5) is 23.2 Å². The fraction of sp³-hybridized carbons (Fsp3) is 0.357. The highest BCUT2D eigenvalue weighted by Crippen LogP contribution is 2.34. The van der Waals surface area contributed by atoms with Crippen LogP contribution < -0.4 is 9.64 Å². The Hall–Kier alpha value is -2.28. The number of carbonyl (C=O) groups is 1. The van der Waals surface area contributed by atoms with Crippen molar-refractivity contribution in [1.82, 2.24) is 10.2 Å². The van der Waals surface area contributed by atoms with E-state index in [1.807, 2.05) is 0 Å². The maximum absolute atomic E-state index is 13.1. The smallest absolute Gasteiger partial charge is 0.445 e. The summed E-state index contributed by atoms with van der Waals surface area (Å²) in [6, 6.07) is 4.46. The molecule has 0 aliphatic heterocycles. The van der Waals surface area contributed by atoms with E-state index in [1.54, 1.807) is 0 Å². The van der Waals surface area contributed by atoms with E-state index >= 15 is 0 Å². The van der Waals surface area contributed by atoms with Crippen molar-refractivity contribution in [2.75, 3.05) is 17.8 Å². The number of hydrogen-bond acceptors (Lipinski definition) is 7. The molecule has 0 aliphatic rings. The lowest BCUT2D eigenvalue weighted by Gasteiger charge is -2.27. The van der Waals surface area contributed by atoms with Gasteiger partial charge in [0.05, 0.1) is 0 Å². The van der Waals surface area contributed by atoms with Crippen LogP contribution in [0.25, 0.3) is 0 Å². The summed E-state index contributed by atoms with van der Waals surface area (Å²) in [5.74, 6) is -1.47. The van der Waals surface area contributed by atoms with Crippen LogP contribution in [0.5, 0.6) is 5.19 Å². The lowest BCUT2D eigenvalue weighted by Crippen LogP contribution is -2.45. The third kappa shape index (κ3) is 5.35. The van der Waals surface area contributed by atoms with Gasteiger partial charge in [-0.3, -0.25) is 9.69 Å². The first-order valence-electron chi connectivity index (χ1n) is 7.19. The quantitative estimate of drug-likeness (QED) is 0.658. The second kappa shape index (κ2) is 7.76. The molecule has 27 heavy (non-hydrogen) atoms. The molecule has 148 valence electrons. The van der Waals surface area contributed by atoms with Crippen LogP contribution in [0.1, 0.15) is 11.9 Å². The van der Waals surface area contributed by atoms with Gasteiger partial charge in [0.25, 0.3) is 11.1 Å². The number of hydrogen-bond donors (Lipinski definition) is 0. The van der Waals surface area contributed by atoms with Crippen molar-refractivity contribution >= 4 is 32.8 Å². The largest absolute Gasteiger partial charge is 0.459 e. The Kier molecular flexibility index (Phi) is 6.04. The van der Waals surface area contributed by atoms with Crippen molar-refractivity contribution in [3.63, 3.8) is 0 Å². The molecule has 7 nitrogen and oxygen atoms in total. The lowest BCUT2D eigenvalue weighted by atomic mass is 10.2. The number of rotatable bonds is 6. The number of anilines is 1. The van der Waals surface area contributed by atoms with Crippen molar-refractivity contribution in [3.05, 3.63) is 35.1 Å². The second-order valence-electron chi connectivity index (χ2n) is 5.33. The average molecular weight is 427 g/mol. The fourth-order valence-corrected chi connectivity index (χ4v) is 3.11. The van der Waals surface area contributed by atoms with E-state index in [1.165, 1.54) is 19.1 Å². The second-order valence-corrected chi connectivity index (χ2v) is 8.61. The Morgan fingerprint density at radius 2 is 1.85 bits per heavy atom. The van der Waals surface area contributed by atoms with E-state index in [2.05, 4.69) is 10.2 Å². The third-order valence-corrected chi connectivity index (χ3v) is 5.66. The van der Waals surface area contributed by atoms with Gasteiger partial charge in [-0.1, -0.05) is 16.4 Å². The van der Waals surface area contributed by atoms with Crippen LogP contribution in [-0.2, 0) is 20.8 Å². The monoisotopic (exact) mass is 427 g/mol. The van der Waals surface area contributed by atoms with Crippen molar-refractivity contribution in [3.8, 4) is 5.19 Å². The summed E-state index contributed by atoms with van der Waals surface area (Å²) in [6.45, 7) is 0.451. The molecule has 1 heterocycles. The summed E-state index contributed by atoms with van der Waals surface area (Å²) in [5, 5.41) is 3.02. The molecule has 1 aromatic heterocycles. The van der Waals surface area contributed by atoms with E-state index < -0.39 is 49.9 Å². The highest BCUT2D eigenvalue weighted by atomic mass is 32.2. The van der Waals surface area contributed by atoms with Gasteiger partial charge in [-0.15, -0.1) is 5.10 Å². The average Bonchev–Trinajstić information content (AvgIpc) is 3.03. The van der Waals surface area contributed by atoms with Gasteiger partial charge in [0.15, 0.2) is 16.4 Å². The summed E-state index contributed by atoms with van der Waals surface area (Å²) in [6.07, 6.45) is -3.79. The molecule has 1 atom stereocenters. The zero-order valence-corrected chi connectivity index (χ0v) is 15.5. The lowest BCUT2D eigenvalue weighted by molar-refractivity contribution is -0.138. The van der Waals surface area contributed by atoms with Gasteiger partial charge in [-0.2, -0.15) is 13.2 Å². The van der Waals surface area contributed by atoms with Crippen LogP contribution in [0.3, 0.4) is 0 Å². The Morgan fingerprint density at radius 3 is 2.33 bits per heavy atom. The van der Waals surface area contributed by atoms with E-state index in [0.717, 1.165) is 23.3 Å². The molecule has 1 aromatic carbocycles. The van der Waals surface area contributed by atoms with E-state index in [9.17, 15) is 30.8 Å². The van der Waals surface area contributed by atoms with E-state index in [4.69, 9.17) is 4.74 Å². The van der Waals surface area contributed by atoms with Gasteiger partial charge in [0, 0.05) is 11.9 Å². The Balaban J connectivity index is 2.21. The van der Waals surface area contributed by atoms with Gasteiger partial charge in [0.2, 0.25) is 5.01 Å². The van der Waals surface area contributed by atoms with Crippen LogP contribution in [0.2, 0.25) is 0 Å². The van der Waals surface area contributed by atoms with Gasteiger partial charge in [-0.25, -0.2) is 12.8 Å². The predicted octanol–water partition coefficient (Wildman–Crippen LogP) is 2.50. The third-order valence-electron chi connectivity index (χ3n) is 3.32. The molecule has 1 amide bonds. The van der Waals surface area contributed by atoms with Crippen LogP contribution in [0.15, 0.2) is 24.3 Å². The minimum absolute atomic E-state index is 0.0798. The highest BCUT2D eigenvalue weighted by molar-refractivity contribution is 7.91. The molecular formula is C14H13F4N3O4S2. The number of halogens is 4. The van der Waals surface area contributed by atoms with Gasteiger partial charge >= 0.3 is 6.18 Å². The SMILES string of the molecule is CC(N(C(=O)COc1nnc(C(F)(F)F)s1)c1ccc(F)cc1)S(C)(=O)=O. The van der Waals surface area contributed by atoms with E-state index in [0.29, 0.717) is 0 Å². The number of ether oxygens (including phenoxy) is 1. The van der Waals surface area contributed by atoms with Crippen molar-refractivity contribution in [2.24, 2.45) is 0 Å². The van der Waals surface area contributed by atoms with E-state index in [-0.39, 0.29) is 17.0 Å². The number of alkyl halides is 3. The molecule has 13 heteroatoms. The van der Waals surface area contributed by atoms with Crippen molar-refractivity contribution in [2.45, 2.75) is 18.5 Å². The molecule has 1 unspecified atom stereocenters. The number of nitrogens with zero attached hydrogens (tertiary/aromatic N) is 3. The molecule has 0 aliphatic carbocycles. The number of carbonyl (C=O) groups excluding carboxylic acids is 1. The number of amides is 1. The summed E-state index contributed by atoms with van der Waals surface area (Å²) >= 11 is 0.0972. The maximum Gasteiger partial charge on any atom is 0.445 e. The molecule has 0 bridgehead atoms. The Morgan fingerprint density at radius 1 is 1.26 bits per heavy atom. The molecule has 0 radical (unpaired) electrons. The van der Waals surface area contributed by atoms with Crippen molar-refractivity contribution < 1.29 is 35.5 Å². The Bertz CT molecular complexity index is 913. The summed E-state index contributed by atoms with van der Waals surface area (Å²) in [5.41, 5.74) is 0.0798. The van der Waals surface area contributed by atoms with Gasteiger partial charge in [0.1, 0.15) is 11.2 Å². The molecule has 2 aromatic rings. The number of sulfone groups is 1. The zero-order valence-electron chi connectivity index (χ0n) is 13.9. The van der Waals surface area contributed by atoms with Crippen LogP contribution in [0, 0.1) is 5.82 Å². The van der Waals surface area contributed by atoms with Crippen molar-refractivity contribution in [1.29, 1.82) is 0 Å². The van der Waals surface area contributed by atoms with Crippen LogP contribution >= 0.6 is 11.3 Å². The standard InChI is InChI=1S/C14H13F4N3O4S2/c1-8(27(2,23)24)21(10-5-3-9(15)4-6-10)11(22)7-25-13-20-19-12(26-13)14(16,17)18/h3-6,8H,7H2,1-2H3. The predicted molar refractivity (Wildman–Crippen MR) is 88.6 cm³/mol. The van der Waals surface area contributed by atoms with Crippen LogP contribution in [-0.4, -0.2) is 42.8 Å². The molecule has 0 N–H and O–H groups in total. The molecule has 2 rings (SSSR count). The molecular weight excluding hydrogens is 414 g/mol. The molecule has 0 spiro atoms. The summed E-state index contributed by atoms with van der Waals surface area (Å²) < 4.78 is 79.2. The maximum atomic E-state index is 13.1.